The minimum absolute atomic E-state index is 0.129. The number of aliphatic hydroxyl groups excluding tert-OH is 1. The summed E-state index contributed by atoms with van der Waals surface area (Å²) in [5.41, 5.74) is 13.6. The molecule has 1 aliphatic rings. The molecule has 0 aliphatic carbocycles. The number of nitrogens with one attached hydrogen (secondary N) is 1. The van der Waals surface area contributed by atoms with Gasteiger partial charge in [-0.15, -0.1) is 0 Å². The molecule has 1 unspecified atom stereocenters. The highest BCUT2D eigenvalue weighted by molar-refractivity contribution is 6.00. The van der Waals surface area contributed by atoms with E-state index < -0.39 is 12.0 Å². The molecule has 0 saturated carbocycles. The minimum atomic E-state index is -0.746. The standard InChI is InChI=1S/C11H15N3O2/c12-5-9(15)7-3-6-1-2-14-10(6)8(4-7)11(13)16/h3-4,9,14-15H,1-2,5,12H2,(H2,13,16). The molecular formula is C11H15N3O2. The van der Waals surface area contributed by atoms with Gasteiger partial charge in [0.2, 0.25) is 0 Å². The molecule has 1 aromatic rings. The normalized spacial score (nSPS) is 15.4. The number of hydrogen-bond donors (Lipinski definition) is 4. The largest absolute Gasteiger partial charge is 0.387 e. The molecule has 1 aromatic carbocycles. The van der Waals surface area contributed by atoms with E-state index in [4.69, 9.17) is 11.5 Å². The van der Waals surface area contributed by atoms with Crippen molar-refractivity contribution >= 4 is 11.6 Å². The quantitative estimate of drug-likeness (QED) is 0.565. The van der Waals surface area contributed by atoms with Gasteiger partial charge in [-0.05, 0) is 23.6 Å². The van der Waals surface area contributed by atoms with Gasteiger partial charge in [-0.2, -0.15) is 0 Å². The molecule has 0 fully saturated rings. The van der Waals surface area contributed by atoms with Crippen molar-refractivity contribution in [1.29, 1.82) is 0 Å². The summed E-state index contributed by atoms with van der Waals surface area (Å²) >= 11 is 0. The van der Waals surface area contributed by atoms with Crippen LogP contribution in [-0.2, 0) is 6.42 Å². The predicted molar refractivity (Wildman–Crippen MR) is 61.2 cm³/mol. The van der Waals surface area contributed by atoms with E-state index in [-0.39, 0.29) is 6.54 Å². The van der Waals surface area contributed by atoms with Gasteiger partial charge >= 0.3 is 0 Å². The maximum absolute atomic E-state index is 11.3. The Morgan fingerprint density at radius 1 is 1.56 bits per heavy atom. The fourth-order valence-electron chi connectivity index (χ4n) is 1.98. The van der Waals surface area contributed by atoms with Crippen molar-refractivity contribution in [3.8, 4) is 0 Å². The van der Waals surface area contributed by atoms with E-state index in [2.05, 4.69) is 5.32 Å². The van der Waals surface area contributed by atoms with Crippen molar-refractivity contribution in [2.75, 3.05) is 18.4 Å². The number of fused-ring (bicyclic) bond motifs is 1. The average Bonchev–Trinajstić information content (AvgIpc) is 2.74. The lowest BCUT2D eigenvalue weighted by Gasteiger charge is -2.13. The van der Waals surface area contributed by atoms with Gasteiger partial charge in [0.05, 0.1) is 17.4 Å². The smallest absolute Gasteiger partial charge is 0.250 e. The first-order chi connectivity index (χ1) is 7.63. The van der Waals surface area contributed by atoms with Crippen LogP contribution in [0.5, 0.6) is 0 Å². The Bertz CT molecular complexity index is 431. The zero-order valence-corrected chi connectivity index (χ0v) is 8.86. The molecule has 0 saturated heterocycles. The van der Waals surface area contributed by atoms with E-state index in [1.807, 2.05) is 6.07 Å². The highest BCUT2D eigenvalue weighted by atomic mass is 16.3. The van der Waals surface area contributed by atoms with Crippen molar-refractivity contribution in [2.24, 2.45) is 11.5 Å². The van der Waals surface area contributed by atoms with E-state index in [9.17, 15) is 9.90 Å². The third-order valence-corrected chi connectivity index (χ3v) is 2.81. The molecule has 0 bridgehead atoms. The van der Waals surface area contributed by atoms with Gasteiger partial charge < -0.3 is 21.9 Å². The van der Waals surface area contributed by atoms with Crippen LogP contribution in [0.1, 0.15) is 27.6 Å². The predicted octanol–water partition coefficient (Wildman–Crippen LogP) is -0.254. The third kappa shape index (κ3) is 1.75. The zero-order chi connectivity index (χ0) is 11.7. The van der Waals surface area contributed by atoms with Crippen LogP contribution in [-0.4, -0.2) is 24.1 Å². The Morgan fingerprint density at radius 3 is 2.94 bits per heavy atom. The molecule has 1 heterocycles. The summed E-state index contributed by atoms with van der Waals surface area (Å²) in [6, 6.07) is 3.48. The summed E-state index contributed by atoms with van der Waals surface area (Å²) in [6.07, 6.45) is 0.0878. The van der Waals surface area contributed by atoms with Crippen molar-refractivity contribution in [1.82, 2.24) is 0 Å². The highest BCUT2D eigenvalue weighted by Gasteiger charge is 2.20. The molecule has 16 heavy (non-hydrogen) atoms. The van der Waals surface area contributed by atoms with Crippen LogP contribution in [0.4, 0.5) is 5.69 Å². The monoisotopic (exact) mass is 221 g/mol. The van der Waals surface area contributed by atoms with Crippen molar-refractivity contribution in [3.63, 3.8) is 0 Å². The average molecular weight is 221 g/mol. The van der Waals surface area contributed by atoms with Crippen LogP contribution < -0.4 is 16.8 Å². The summed E-state index contributed by atoms with van der Waals surface area (Å²) in [5.74, 6) is -0.489. The van der Waals surface area contributed by atoms with E-state index >= 15 is 0 Å². The molecule has 6 N–H and O–H groups in total. The van der Waals surface area contributed by atoms with Crippen LogP contribution >= 0.6 is 0 Å². The molecular weight excluding hydrogens is 206 g/mol. The number of amides is 1. The lowest BCUT2D eigenvalue weighted by Crippen LogP contribution is -2.16. The van der Waals surface area contributed by atoms with Crippen LogP contribution in [0.15, 0.2) is 12.1 Å². The fourth-order valence-corrected chi connectivity index (χ4v) is 1.98. The van der Waals surface area contributed by atoms with E-state index in [0.29, 0.717) is 11.1 Å². The number of benzene rings is 1. The molecule has 1 aliphatic heterocycles. The third-order valence-electron chi connectivity index (χ3n) is 2.81. The zero-order valence-electron chi connectivity index (χ0n) is 8.86. The van der Waals surface area contributed by atoms with Gasteiger partial charge in [0, 0.05) is 13.1 Å². The van der Waals surface area contributed by atoms with Crippen LogP contribution in [0, 0.1) is 0 Å². The van der Waals surface area contributed by atoms with Gasteiger partial charge in [0.25, 0.3) is 5.91 Å². The summed E-state index contributed by atoms with van der Waals surface area (Å²) in [6.45, 7) is 0.919. The number of aliphatic hydroxyl groups is 1. The second-order valence-electron chi connectivity index (χ2n) is 3.90. The van der Waals surface area contributed by atoms with Crippen molar-refractivity contribution < 1.29 is 9.90 Å². The molecule has 5 nitrogen and oxygen atoms in total. The van der Waals surface area contributed by atoms with Crippen molar-refractivity contribution in [3.05, 3.63) is 28.8 Å². The number of anilines is 1. The molecule has 1 amide bonds. The van der Waals surface area contributed by atoms with E-state index in [1.165, 1.54) is 0 Å². The Labute approximate surface area is 93.4 Å². The Kier molecular flexibility index (Phi) is 2.80. The molecule has 1 atom stereocenters. The Morgan fingerprint density at radius 2 is 2.31 bits per heavy atom. The number of hydrogen-bond acceptors (Lipinski definition) is 4. The summed E-state index contributed by atoms with van der Waals surface area (Å²) in [5, 5.41) is 12.8. The molecule has 5 heteroatoms. The maximum Gasteiger partial charge on any atom is 0.250 e. The molecule has 0 radical (unpaired) electrons. The van der Waals surface area contributed by atoms with Gasteiger partial charge in [0.1, 0.15) is 0 Å². The summed E-state index contributed by atoms with van der Waals surface area (Å²) in [4.78, 5) is 11.3. The first kappa shape index (κ1) is 10.9. The number of nitrogens with two attached hydrogens (primary N) is 2. The summed E-state index contributed by atoms with van der Waals surface area (Å²) in [7, 11) is 0. The lowest BCUT2D eigenvalue weighted by molar-refractivity contribution is 0.100. The van der Waals surface area contributed by atoms with E-state index in [1.54, 1.807) is 6.07 Å². The number of carbonyl (C=O) groups is 1. The molecule has 0 spiro atoms. The van der Waals surface area contributed by atoms with Gasteiger partial charge in [-0.3, -0.25) is 4.79 Å². The Hall–Kier alpha value is -1.59. The van der Waals surface area contributed by atoms with Crippen LogP contribution in [0.25, 0.3) is 0 Å². The van der Waals surface area contributed by atoms with Crippen molar-refractivity contribution in [2.45, 2.75) is 12.5 Å². The first-order valence-corrected chi connectivity index (χ1v) is 5.22. The number of primary amides is 1. The van der Waals surface area contributed by atoms with Gasteiger partial charge in [-0.25, -0.2) is 0 Å². The topological polar surface area (TPSA) is 101 Å². The lowest BCUT2D eigenvalue weighted by atomic mass is 9.99. The number of carbonyl (C=O) groups excluding carboxylic acids is 1. The SMILES string of the molecule is NCC(O)c1cc2c(c(C(N)=O)c1)NCC2. The van der Waals surface area contributed by atoms with Gasteiger partial charge in [-0.1, -0.05) is 6.07 Å². The maximum atomic E-state index is 11.3. The van der Waals surface area contributed by atoms with E-state index in [0.717, 1.165) is 24.2 Å². The first-order valence-electron chi connectivity index (χ1n) is 5.22. The Balaban J connectivity index is 2.51. The number of rotatable bonds is 3. The second-order valence-corrected chi connectivity index (χ2v) is 3.90. The molecule has 2 rings (SSSR count). The molecule has 0 aromatic heterocycles. The fraction of sp³-hybridized carbons (Fsp3) is 0.364. The van der Waals surface area contributed by atoms with Gasteiger partial charge in [0.15, 0.2) is 0 Å². The molecule has 86 valence electrons. The highest BCUT2D eigenvalue weighted by Crippen LogP contribution is 2.30. The van der Waals surface area contributed by atoms with Crippen LogP contribution in [0.3, 0.4) is 0 Å². The minimum Gasteiger partial charge on any atom is -0.387 e. The summed E-state index contributed by atoms with van der Waals surface area (Å²) < 4.78 is 0. The van der Waals surface area contributed by atoms with Crippen LogP contribution in [0.2, 0.25) is 0 Å². The second kappa shape index (κ2) is 4.11.